The van der Waals surface area contributed by atoms with Crippen LogP contribution in [0.25, 0.3) is 0 Å². The summed E-state index contributed by atoms with van der Waals surface area (Å²) in [7, 11) is 0. The predicted octanol–water partition coefficient (Wildman–Crippen LogP) is -0.176. The maximum absolute atomic E-state index is 10.7. The van der Waals surface area contributed by atoms with E-state index < -0.39 is 18.2 Å². The highest BCUT2D eigenvalue weighted by molar-refractivity contribution is 5.84. The third-order valence-electron chi connectivity index (χ3n) is 2.96. The lowest BCUT2D eigenvalue weighted by atomic mass is 10.2. The van der Waals surface area contributed by atoms with Crippen molar-refractivity contribution in [2.45, 2.75) is 25.7 Å². The van der Waals surface area contributed by atoms with Gasteiger partial charge in [-0.1, -0.05) is 0 Å². The molecule has 0 spiro atoms. The van der Waals surface area contributed by atoms with Crippen LogP contribution in [-0.4, -0.2) is 51.5 Å². The number of aliphatic hydroxyl groups is 2. The van der Waals surface area contributed by atoms with Gasteiger partial charge in [-0.3, -0.25) is 4.90 Å². The molecule has 0 aromatic carbocycles. The molecule has 0 bridgehead atoms. The molecule has 17 heavy (non-hydrogen) atoms. The molecule has 1 aliphatic heterocycles. The molecule has 0 radical (unpaired) electrons. The molecule has 0 saturated carbocycles. The first-order valence-corrected chi connectivity index (χ1v) is 5.38. The zero-order valence-corrected chi connectivity index (χ0v) is 9.46. The Hall–Kier alpha value is -1.37. The van der Waals surface area contributed by atoms with Crippen LogP contribution in [0, 0.1) is 6.92 Å². The Morgan fingerprint density at radius 3 is 2.53 bits per heavy atom. The molecule has 0 amide bonds. The number of carboxylic acids is 1. The van der Waals surface area contributed by atoms with Crippen LogP contribution >= 0.6 is 0 Å². The van der Waals surface area contributed by atoms with Gasteiger partial charge in [-0.15, -0.1) is 0 Å². The van der Waals surface area contributed by atoms with Crippen LogP contribution in [0.5, 0.6) is 0 Å². The first-order chi connectivity index (χ1) is 7.97. The highest BCUT2D eigenvalue weighted by Crippen LogP contribution is 2.19. The zero-order valence-electron chi connectivity index (χ0n) is 9.46. The van der Waals surface area contributed by atoms with Crippen LogP contribution in [0.2, 0.25) is 0 Å². The first-order valence-electron chi connectivity index (χ1n) is 5.38. The molecule has 0 aliphatic carbocycles. The molecular weight excluding hydrogens is 226 g/mol. The van der Waals surface area contributed by atoms with Gasteiger partial charge in [0.15, 0.2) is 0 Å². The van der Waals surface area contributed by atoms with E-state index in [0.717, 1.165) is 5.56 Å². The van der Waals surface area contributed by atoms with E-state index in [1.807, 2.05) is 4.90 Å². The van der Waals surface area contributed by atoms with Crippen molar-refractivity contribution in [3.8, 4) is 0 Å². The molecule has 3 N–H and O–H groups in total. The fourth-order valence-electron chi connectivity index (χ4n) is 2.00. The molecule has 1 fully saturated rings. The summed E-state index contributed by atoms with van der Waals surface area (Å²) in [6.45, 7) is 2.93. The predicted molar refractivity (Wildman–Crippen MR) is 57.7 cm³/mol. The van der Waals surface area contributed by atoms with E-state index >= 15 is 0 Å². The Balaban J connectivity index is 2.06. The van der Waals surface area contributed by atoms with Crippen LogP contribution in [0.1, 0.15) is 21.9 Å². The fourth-order valence-corrected chi connectivity index (χ4v) is 2.00. The van der Waals surface area contributed by atoms with Crippen molar-refractivity contribution in [2.24, 2.45) is 0 Å². The minimum Gasteiger partial charge on any atom is -0.475 e. The molecular formula is C11H15NO5. The number of carboxylic acid groups (broad SMARTS) is 1. The molecule has 94 valence electrons. The summed E-state index contributed by atoms with van der Waals surface area (Å²) >= 11 is 0. The van der Waals surface area contributed by atoms with Crippen molar-refractivity contribution in [1.29, 1.82) is 0 Å². The number of likely N-dealkylation sites (tertiary alicyclic amines) is 1. The number of nitrogens with zero attached hydrogens (tertiary/aromatic N) is 1. The molecule has 6 nitrogen and oxygen atoms in total. The maximum atomic E-state index is 10.7. The number of rotatable bonds is 3. The Morgan fingerprint density at radius 1 is 1.47 bits per heavy atom. The highest BCUT2D eigenvalue weighted by atomic mass is 16.4. The van der Waals surface area contributed by atoms with Crippen molar-refractivity contribution >= 4 is 5.97 Å². The monoisotopic (exact) mass is 241 g/mol. The minimum atomic E-state index is -1.10. The molecule has 1 aliphatic rings. The number of furan rings is 1. The number of carbonyl (C=O) groups is 1. The second kappa shape index (κ2) is 4.48. The van der Waals surface area contributed by atoms with Gasteiger partial charge in [0.2, 0.25) is 5.76 Å². The molecule has 2 unspecified atom stereocenters. The summed E-state index contributed by atoms with van der Waals surface area (Å²) < 4.78 is 5.09. The molecule has 2 rings (SSSR count). The average molecular weight is 241 g/mol. The fraction of sp³-hybridized carbons (Fsp3) is 0.545. The summed E-state index contributed by atoms with van der Waals surface area (Å²) in [4.78, 5) is 12.6. The molecule has 1 aromatic rings. The average Bonchev–Trinajstić information content (AvgIpc) is 2.73. The number of β-amino-alcohol motifs (C(OH)–C–C–N with tert-alkyl or cyclic N) is 2. The number of aromatic carboxylic acids is 1. The number of aliphatic hydroxyl groups excluding tert-OH is 2. The summed E-state index contributed by atoms with van der Waals surface area (Å²) in [6, 6.07) is 1.48. The van der Waals surface area contributed by atoms with E-state index in [0.29, 0.717) is 25.4 Å². The van der Waals surface area contributed by atoms with Crippen LogP contribution in [0.15, 0.2) is 10.5 Å². The SMILES string of the molecule is Cc1oc(C(=O)O)cc1CN1CC(O)C(O)C1. The summed E-state index contributed by atoms with van der Waals surface area (Å²) in [5, 5.41) is 27.6. The van der Waals surface area contributed by atoms with Gasteiger partial charge < -0.3 is 19.7 Å². The van der Waals surface area contributed by atoms with E-state index in [1.54, 1.807) is 6.92 Å². The van der Waals surface area contributed by atoms with Gasteiger partial charge >= 0.3 is 5.97 Å². The van der Waals surface area contributed by atoms with Crippen molar-refractivity contribution in [2.75, 3.05) is 13.1 Å². The lowest BCUT2D eigenvalue weighted by molar-refractivity contribution is 0.0572. The van der Waals surface area contributed by atoms with E-state index in [1.165, 1.54) is 6.07 Å². The zero-order chi connectivity index (χ0) is 12.6. The summed E-state index contributed by atoms with van der Waals surface area (Å²) in [5.41, 5.74) is 0.767. The van der Waals surface area contributed by atoms with Crippen LogP contribution in [0.4, 0.5) is 0 Å². The smallest absolute Gasteiger partial charge is 0.371 e. The van der Waals surface area contributed by atoms with E-state index in [2.05, 4.69) is 0 Å². The van der Waals surface area contributed by atoms with Crippen LogP contribution in [0.3, 0.4) is 0 Å². The topological polar surface area (TPSA) is 94.1 Å². The molecule has 1 aromatic heterocycles. The summed E-state index contributed by atoms with van der Waals surface area (Å²) in [5.74, 6) is -0.628. The van der Waals surface area contributed by atoms with E-state index in [4.69, 9.17) is 9.52 Å². The normalized spacial score (nSPS) is 25.4. The quantitative estimate of drug-likeness (QED) is 0.680. The van der Waals surface area contributed by atoms with Gasteiger partial charge in [-0.2, -0.15) is 0 Å². The maximum Gasteiger partial charge on any atom is 0.371 e. The second-order valence-corrected chi connectivity index (χ2v) is 4.33. The second-order valence-electron chi connectivity index (χ2n) is 4.33. The molecule has 2 heterocycles. The van der Waals surface area contributed by atoms with Crippen molar-refractivity contribution in [3.05, 3.63) is 23.2 Å². The Labute approximate surface area is 98.1 Å². The molecule has 2 atom stereocenters. The molecule has 1 saturated heterocycles. The minimum absolute atomic E-state index is 0.0854. The van der Waals surface area contributed by atoms with Gasteiger partial charge in [-0.25, -0.2) is 4.79 Å². The van der Waals surface area contributed by atoms with Gasteiger partial charge in [0.05, 0.1) is 12.2 Å². The Kier molecular flexibility index (Phi) is 3.19. The van der Waals surface area contributed by atoms with Gasteiger partial charge in [0.1, 0.15) is 5.76 Å². The standard InChI is InChI=1S/C11H15NO5/c1-6-7(2-10(17-6)11(15)16)3-12-4-8(13)9(14)5-12/h2,8-9,13-14H,3-5H2,1H3,(H,15,16). The van der Waals surface area contributed by atoms with Crippen LogP contribution < -0.4 is 0 Å². The van der Waals surface area contributed by atoms with Gasteiger partial charge in [0.25, 0.3) is 0 Å². The van der Waals surface area contributed by atoms with Crippen molar-refractivity contribution < 1.29 is 24.5 Å². The number of hydrogen-bond donors (Lipinski definition) is 3. The Morgan fingerprint density at radius 2 is 2.06 bits per heavy atom. The van der Waals surface area contributed by atoms with Crippen LogP contribution in [-0.2, 0) is 6.54 Å². The van der Waals surface area contributed by atoms with Gasteiger partial charge in [-0.05, 0) is 13.0 Å². The Bertz CT molecular complexity index is 417. The van der Waals surface area contributed by atoms with Crippen molar-refractivity contribution in [1.82, 2.24) is 4.90 Å². The largest absolute Gasteiger partial charge is 0.475 e. The number of aryl methyl sites for hydroxylation is 1. The van der Waals surface area contributed by atoms with E-state index in [9.17, 15) is 15.0 Å². The van der Waals surface area contributed by atoms with E-state index in [-0.39, 0.29) is 5.76 Å². The molecule has 6 heteroatoms. The van der Waals surface area contributed by atoms with Crippen molar-refractivity contribution in [3.63, 3.8) is 0 Å². The summed E-state index contributed by atoms with van der Waals surface area (Å²) in [6.07, 6.45) is -1.47. The highest BCUT2D eigenvalue weighted by Gasteiger charge is 2.30. The third kappa shape index (κ3) is 2.49. The van der Waals surface area contributed by atoms with Gasteiger partial charge in [0, 0.05) is 25.2 Å². The number of hydrogen-bond acceptors (Lipinski definition) is 5. The lowest BCUT2D eigenvalue weighted by Gasteiger charge is -2.13. The third-order valence-corrected chi connectivity index (χ3v) is 2.96. The lowest BCUT2D eigenvalue weighted by Crippen LogP contribution is -2.22. The first kappa shape index (κ1) is 12.1.